The highest BCUT2D eigenvalue weighted by Crippen LogP contribution is 2.50. The minimum atomic E-state index is -4.29. The molecule has 1 heterocycles. The van der Waals surface area contributed by atoms with E-state index in [0.29, 0.717) is 28.0 Å². The molecule has 0 aromatic heterocycles. The lowest BCUT2D eigenvalue weighted by atomic mass is 9.82. The van der Waals surface area contributed by atoms with Crippen LogP contribution in [0.1, 0.15) is 39.4 Å². The number of rotatable bonds is 6. The van der Waals surface area contributed by atoms with Crippen molar-refractivity contribution < 1.29 is 13.2 Å². The van der Waals surface area contributed by atoms with Gasteiger partial charge in [-0.3, -0.25) is 4.31 Å². The van der Waals surface area contributed by atoms with Crippen molar-refractivity contribution in [3.8, 4) is 17.9 Å². The van der Waals surface area contributed by atoms with Gasteiger partial charge in [-0.05, 0) is 68.3 Å². The quantitative estimate of drug-likeness (QED) is 0.242. The number of aryl methyl sites for hydroxylation is 3. The van der Waals surface area contributed by atoms with Gasteiger partial charge in [-0.15, -0.1) is 0 Å². The number of benzene rings is 4. The number of hydrogen-bond donors (Lipinski definition) is 0. The molecule has 0 saturated carbocycles. The van der Waals surface area contributed by atoms with Gasteiger partial charge < -0.3 is 4.74 Å². The second-order valence-corrected chi connectivity index (χ2v) is 12.1. The van der Waals surface area contributed by atoms with E-state index in [-0.39, 0.29) is 21.7 Å². The third-order valence-electron chi connectivity index (χ3n) is 7.39. The molecule has 0 amide bonds. The normalized spacial score (nSPS) is 15.3. The van der Waals surface area contributed by atoms with E-state index in [9.17, 15) is 18.9 Å². The van der Waals surface area contributed by atoms with Gasteiger partial charge in [0, 0.05) is 11.1 Å². The van der Waals surface area contributed by atoms with Gasteiger partial charge >= 0.3 is 0 Å². The van der Waals surface area contributed by atoms with Crippen LogP contribution in [0.5, 0.6) is 5.75 Å². The summed E-state index contributed by atoms with van der Waals surface area (Å²) in [5, 5.41) is 21.4. The Labute approximate surface area is 247 Å². The van der Waals surface area contributed by atoms with Gasteiger partial charge in [0.25, 0.3) is 10.0 Å². The number of ether oxygens (including phenoxy) is 1. The lowest BCUT2D eigenvalue weighted by Crippen LogP contribution is -2.38. The average Bonchev–Trinajstić information content (AvgIpc) is 3.00. The van der Waals surface area contributed by atoms with Crippen molar-refractivity contribution in [3.63, 3.8) is 0 Å². The van der Waals surface area contributed by atoms with Crippen LogP contribution in [0.2, 0.25) is 0 Å². The predicted octanol–water partition coefficient (Wildman–Crippen LogP) is 7.28. The van der Waals surface area contributed by atoms with Gasteiger partial charge in [0.2, 0.25) is 0 Å². The molecule has 7 heteroatoms. The van der Waals surface area contributed by atoms with Gasteiger partial charge in [-0.1, -0.05) is 77.4 Å². The van der Waals surface area contributed by atoms with E-state index < -0.39 is 16.1 Å². The first-order valence-corrected chi connectivity index (χ1v) is 14.8. The summed E-state index contributed by atoms with van der Waals surface area (Å²) in [7, 11) is -2.74. The molecule has 0 bridgehead atoms. The summed E-state index contributed by atoms with van der Waals surface area (Å²) >= 11 is 0. The van der Waals surface area contributed by atoms with Crippen LogP contribution in [0.15, 0.2) is 113 Å². The van der Waals surface area contributed by atoms with Crippen LogP contribution in [-0.4, -0.2) is 19.8 Å². The van der Waals surface area contributed by atoms with E-state index in [4.69, 9.17) is 4.74 Å². The van der Waals surface area contributed by atoms with E-state index in [1.807, 2.05) is 69.3 Å². The van der Waals surface area contributed by atoms with E-state index >= 15 is 0 Å². The lowest BCUT2D eigenvalue weighted by molar-refractivity contribution is 0.414. The Morgan fingerprint density at radius 2 is 1.19 bits per heavy atom. The molecule has 0 spiro atoms. The van der Waals surface area contributed by atoms with Gasteiger partial charge in [0.05, 0.1) is 34.9 Å². The van der Waals surface area contributed by atoms with Gasteiger partial charge in [-0.2, -0.15) is 10.5 Å². The number of nitrogens with zero attached hydrogens (tertiary/aromatic N) is 3. The van der Waals surface area contributed by atoms with Crippen LogP contribution >= 0.6 is 0 Å². The second-order valence-electron chi connectivity index (χ2n) is 10.3. The summed E-state index contributed by atoms with van der Waals surface area (Å²) in [4.78, 5) is 0.0598. The fraction of sp³-hybridized carbons (Fsp3) is 0.143. The molecule has 1 atom stereocenters. The molecule has 4 aromatic rings. The van der Waals surface area contributed by atoms with Crippen molar-refractivity contribution in [1.82, 2.24) is 4.31 Å². The predicted molar refractivity (Wildman–Crippen MR) is 163 cm³/mol. The van der Waals surface area contributed by atoms with Crippen molar-refractivity contribution >= 4 is 21.3 Å². The summed E-state index contributed by atoms with van der Waals surface area (Å²) in [6.45, 7) is 5.78. The van der Waals surface area contributed by atoms with Gasteiger partial charge in [0.15, 0.2) is 0 Å². The molecule has 42 heavy (non-hydrogen) atoms. The molecule has 1 aliphatic rings. The highest BCUT2D eigenvalue weighted by atomic mass is 32.2. The first-order chi connectivity index (χ1) is 20.2. The zero-order valence-electron chi connectivity index (χ0n) is 23.8. The SMILES string of the molecule is COc1ccc(C2=C(C#N)C(c3ccc(C)cc3)=C(C#N)C(c3ccc(C)cc3)N2S(=O)(=O)c2ccc(C)cc2)cc1. The number of sulfonamides is 1. The highest BCUT2D eigenvalue weighted by Gasteiger charge is 2.44. The van der Waals surface area contributed by atoms with E-state index in [2.05, 4.69) is 12.1 Å². The van der Waals surface area contributed by atoms with Crippen molar-refractivity contribution in [3.05, 3.63) is 142 Å². The van der Waals surface area contributed by atoms with E-state index in [1.165, 1.54) is 4.31 Å². The maximum Gasteiger partial charge on any atom is 0.265 e. The lowest BCUT2D eigenvalue weighted by Gasteiger charge is -2.39. The monoisotopic (exact) mass is 571 g/mol. The Bertz CT molecular complexity index is 1890. The van der Waals surface area contributed by atoms with Gasteiger partial charge in [-0.25, -0.2) is 8.42 Å². The van der Waals surface area contributed by atoms with Crippen LogP contribution < -0.4 is 4.74 Å². The summed E-state index contributed by atoms with van der Waals surface area (Å²) in [6, 6.07) is 32.1. The molecule has 208 valence electrons. The maximum atomic E-state index is 14.7. The maximum absolute atomic E-state index is 14.7. The van der Waals surface area contributed by atoms with Crippen molar-refractivity contribution in [2.24, 2.45) is 0 Å². The Morgan fingerprint density at radius 1 is 0.690 bits per heavy atom. The van der Waals surface area contributed by atoms with Crippen LogP contribution in [0.25, 0.3) is 11.3 Å². The molecule has 4 aromatic carbocycles. The molecule has 0 aliphatic carbocycles. The zero-order valence-corrected chi connectivity index (χ0v) is 24.6. The van der Waals surface area contributed by atoms with E-state index in [0.717, 1.165) is 16.7 Å². The van der Waals surface area contributed by atoms with Gasteiger partial charge in [0.1, 0.15) is 17.9 Å². The van der Waals surface area contributed by atoms with Crippen molar-refractivity contribution in [2.75, 3.05) is 7.11 Å². The largest absolute Gasteiger partial charge is 0.497 e. The Kier molecular flexibility index (Phi) is 7.72. The molecular formula is C35H29N3O3S. The molecule has 1 unspecified atom stereocenters. The number of hydrogen-bond acceptors (Lipinski definition) is 5. The number of methoxy groups -OCH3 is 1. The first-order valence-electron chi connectivity index (χ1n) is 13.4. The molecule has 0 saturated heterocycles. The van der Waals surface area contributed by atoms with Crippen molar-refractivity contribution in [2.45, 2.75) is 31.7 Å². The number of allylic oxidation sites excluding steroid dienone is 2. The first kappa shape index (κ1) is 28.4. The van der Waals surface area contributed by atoms with Crippen LogP contribution in [-0.2, 0) is 10.0 Å². The Hall–Kier alpha value is -5.11. The average molecular weight is 572 g/mol. The summed E-state index contributed by atoms with van der Waals surface area (Å²) in [5.74, 6) is 0.587. The van der Waals surface area contributed by atoms with Crippen molar-refractivity contribution in [1.29, 1.82) is 10.5 Å². The minimum Gasteiger partial charge on any atom is -0.497 e. The highest BCUT2D eigenvalue weighted by molar-refractivity contribution is 7.89. The van der Waals surface area contributed by atoms with Crippen LogP contribution in [0.4, 0.5) is 0 Å². The third kappa shape index (κ3) is 5.07. The molecule has 0 fully saturated rings. The topological polar surface area (TPSA) is 94.2 Å². The molecule has 5 rings (SSSR count). The Morgan fingerprint density at radius 3 is 1.69 bits per heavy atom. The number of nitriles is 2. The minimum absolute atomic E-state index is 0.0598. The third-order valence-corrected chi connectivity index (χ3v) is 9.17. The fourth-order valence-corrected chi connectivity index (χ4v) is 6.80. The van der Waals surface area contributed by atoms with Crippen LogP contribution in [0, 0.1) is 43.4 Å². The van der Waals surface area contributed by atoms with E-state index in [1.54, 1.807) is 55.6 Å². The zero-order chi connectivity index (χ0) is 30.0. The summed E-state index contributed by atoms with van der Waals surface area (Å²) < 4.78 is 36.0. The molecule has 0 radical (unpaired) electrons. The fourth-order valence-electron chi connectivity index (χ4n) is 5.15. The summed E-state index contributed by atoms with van der Waals surface area (Å²) in [5.41, 5.74) is 5.56. The molecule has 1 aliphatic heterocycles. The molecule has 6 nitrogen and oxygen atoms in total. The molecule has 0 N–H and O–H groups in total. The van der Waals surface area contributed by atoms with Crippen LogP contribution in [0.3, 0.4) is 0 Å². The second kappa shape index (κ2) is 11.4. The summed E-state index contributed by atoms with van der Waals surface area (Å²) in [6.07, 6.45) is 0. The smallest absolute Gasteiger partial charge is 0.265 e. The standard InChI is InChI=1S/C35H29N3O3S/c1-23-5-11-26(12-6-23)33-31(21-36)34(27-13-7-24(2)8-14-27)38(42(39,40)30-19-9-25(3)10-20-30)35(32(33)22-37)28-15-17-29(41-4)18-16-28/h5-20,34H,1-4H3. The Balaban J connectivity index is 1.93. The molecular weight excluding hydrogens is 542 g/mol.